The van der Waals surface area contributed by atoms with Gasteiger partial charge in [0.1, 0.15) is 5.84 Å². The molecule has 1 saturated carbocycles. The number of aryl methyl sites for hydroxylation is 1. The number of benzene rings is 1. The van der Waals surface area contributed by atoms with Crippen molar-refractivity contribution in [2.45, 2.75) is 45.1 Å². The summed E-state index contributed by atoms with van der Waals surface area (Å²) >= 11 is 0. The zero-order valence-corrected chi connectivity index (χ0v) is 13.8. The molecule has 0 amide bonds. The molecule has 0 bridgehead atoms. The molecule has 2 aromatic rings. The largest absolute Gasteiger partial charge is 0.327 e. The first-order valence-corrected chi connectivity index (χ1v) is 8.64. The van der Waals surface area contributed by atoms with Crippen LogP contribution in [0, 0.1) is 5.41 Å². The van der Waals surface area contributed by atoms with Gasteiger partial charge in [-0.25, -0.2) is 0 Å². The topological polar surface area (TPSA) is 42.2 Å². The van der Waals surface area contributed by atoms with Gasteiger partial charge in [-0.05, 0) is 24.8 Å². The standard InChI is InChI=1S/C19H24N4/c1-23-14-16-12-19(10-6-3-7-11-19)18(21-17(16)22-23)20-13-15-8-4-2-5-9-15/h2,4-5,8-9,14H,3,6-7,10-13H2,1H3,(H,20,21,22). The van der Waals surface area contributed by atoms with Gasteiger partial charge < -0.3 is 5.32 Å². The van der Waals surface area contributed by atoms with E-state index in [9.17, 15) is 0 Å². The van der Waals surface area contributed by atoms with Gasteiger partial charge in [0.2, 0.25) is 0 Å². The number of rotatable bonds is 2. The molecule has 0 saturated heterocycles. The Morgan fingerprint density at radius 3 is 2.74 bits per heavy atom. The minimum Gasteiger partial charge on any atom is -0.327 e. The molecule has 1 aromatic carbocycles. The van der Waals surface area contributed by atoms with Crippen LogP contribution in [-0.2, 0) is 20.0 Å². The van der Waals surface area contributed by atoms with Crippen molar-refractivity contribution >= 4 is 11.7 Å². The van der Waals surface area contributed by atoms with Crippen molar-refractivity contribution in [3.63, 3.8) is 0 Å². The third kappa shape index (κ3) is 2.78. The Balaban J connectivity index is 1.67. The van der Waals surface area contributed by atoms with E-state index in [1.807, 2.05) is 11.7 Å². The second-order valence-corrected chi connectivity index (χ2v) is 6.97. The highest BCUT2D eigenvalue weighted by Gasteiger charge is 2.42. The van der Waals surface area contributed by atoms with Gasteiger partial charge in [-0.1, -0.05) is 49.6 Å². The highest BCUT2D eigenvalue weighted by atomic mass is 15.3. The van der Waals surface area contributed by atoms with Crippen molar-refractivity contribution in [1.29, 1.82) is 0 Å². The summed E-state index contributed by atoms with van der Waals surface area (Å²) < 4.78 is 1.91. The highest BCUT2D eigenvalue weighted by molar-refractivity contribution is 6.01. The minimum absolute atomic E-state index is 0.197. The SMILES string of the molecule is Cn1cc2c(n1)NC(=NCc1ccccc1)C1(CCCCC1)C2. The monoisotopic (exact) mass is 308 g/mol. The third-order valence-electron chi connectivity index (χ3n) is 5.25. The van der Waals surface area contributed by atoms with Crippen LogP contribution in [0.1, 0.15) is 43.2 Å². The molecule has 23 heavy (non-hydrogen) atoms. The Morgan fingerprint density at radius 2 is 1.96 bits per heavy atom. The van der Waals surface area contributed by atoms with Gasteiger partial charge in [0.15, 0.2) is 5.82 Å². The van der Waals surface area contributed by atoms with Crippen LogP contribution in [0.5, 0.6) is 0 Å². The van der Waals surface area contributed by atoms with Crippen LogP contribution in [0.2, 0.25) is 0 Å². The number of aromatic nitrogens is 2. The van der Waals surface area contributed by atoms with Crippen molar-refractivity contribution in [2.75, 3.05) is 5.32 Å². The molecule has 120 valence electrons. The first kappa shape index (κ1) is 14.5. The lowest BCUT2D eigenvalue weighted by atomic mass is 9.68. The number of hydrogen-bond acceptors (Lipinski definition) is 2. The molecular weight excluding hydrogens is 284 g/mol. The molecule has 1 spiro atoms. The van der Waals surface area contributed by atoms with Gasteiger partial charge in [-0.3, -0.25) is 9.67 Å². The van der Waals surface area contributed by atoms with E-state index in [1.165, 1.54) is 43.2 Å². The zero-order chi connectivity index (χ0) is 15.7. The van der Waals surface area contributed by atoms with Crippen LogP contribution in [0.4, 0.5) is 5.82 Å². The van der Waals surface area contributed by atoms with Crippen LogP contribution in [0.15, 0.2) is 41.5 Å². The van der Waals surface area contributed by atoms with Crippen molar-refractivity contribution in [3.05, 3.63) is 47.7 Å². The quantitative estimate of drug-likeness (QED) is 0.913. The second-order valence-electron chi connectivity index (χ2n) is 6.97. The molecule has 0 radical (unpaired) electrons. The molecule has 4 heteroatoms. The van der Waals surface area contributed by atoms with Crippen molar-refractivity contribution in [2.24, 2.45) is 17.5 Å². The fourth-order valence-corrected chi connectivity index (χ4v) is 4.07. The molecule has 2 aliphatic rings. The minimum atomic E-state index is 0.197. The van der Waals surface area contributed by atoms with Gasteiger partial charge in [-0.2, -0.15) is 5.10 Å². The molecule has 2 heterocycles. The van der Waals surface area contributed by atoms with Gasteiger partial charge in [0.05, 0.1) is 6.54 Å². The number of anilines is 1. The van der Waals surface area contributed by atoms with E-state index in [4.69, 9.17) is 4.99 Å². The van der Waals surface area contributed by atoms with Crippen molar-refractivity contribution in [1.82, 2.24) is 9.78 Å². The Labute approximate surface area is 137 Å². The summed E-state index contributed by atoms with van der Waals surface area (Å²) in [7, 11) is 1.99. The van der Waals surface area contributed by atoms with E-state index < -0.39 is 0 Å². The Hall–Kier alpha value is -2.10. The fraction of sp³-hybridized carbons (Fsp3) is 0.474. The molecule has 1 aliphatic heterocycles. The lowest BCUT2D eigenvalue weighted by Gasteiger charge is -2.41. The molecule has 0 unspecified atom stereocenters. The third-order valence-corrected chi connectivity index (χ3v) is 5.25. The van der Waals surface area contributed by atoms with Crippen LogP contribution in [-0.4, -0.2) is 15.6 Å². The van der Waals surface area contributed by atoms with Crippen LogP contribution in [0.25, 0.3) is 0 Å². The maximum Gasteiger partial charge on any atom is 0.156 e. The summed E-state index contributed by atoms with van der Waals surface area (Å²) in [6.45, 7) is 0.743. The highest BCUT2D eigenvalue weighted by Crippen LogP contribution is 2.44. The summed E-state index contributed by atoms with van der Waals surface area (Å²) in [6, 6.07) is 10.5. The summed E-state index contributed by atoms with van der Waals surface area (Å²) in [5.41, 5.74) is 2.80. The molecular formula is C19H24N4. The number of aliphatic imine (C=N–C) groups is 1. The number of nitrogens with zero attached hydrogens (tertiary/aromatic N) is 3. The lowest BCUT2D eigenvalue weighted by Crippen LogP contribution is -2.43. The Kier molecular flexibility index (Phi) is 3.68. The lowest BCUT2D eigenvalue weighted by molar-refractivity contribution is 0.278. The van der Waals surface area contributed by atoms with E-state index in [2.05, 4.69) is 46.9 Å². The van der Waals surface area contributed by atoms with Crippen molar-refractivity contribution in [3.8, 4) is 0 Å². The number of hydrogen-bond donors (Lipinski definition) is 1. The van der Waals surface area contributed by atoms with E-state index in [0.29, 0.717) is 0 Å². The molecule has 1 aromatic heterocycles. The maximum atomic E-state index is 4.99. The normalized spacial score (nSPS) is 21.2. The summed E-state index contributed by atoms with van der Waals surface area (Å²) in [5.74, 6) is 2.16. The average Bonchev–Trinajstić information content (AvgIpc) is 2.93. The van der Waals surface area contributed by atoms with Crippen LogP contribution in [0.3, 0.4) is 0 Å². The van der Waals surface area contributed by atoms with Crippen molar-refractivity contribution < 1.29 is 0 Å². The molecule has 1 aliphatic carbocycles. The molecule has 4 rings (SSSR count). The predicted octanol–water partition coefficient (Wildman–Crippen LogP) is 3.94. The zero-order valence-electron chi connectivity index (χ0n) is 13.8. The predicted molar refractivity (Wildman–Crippen MR) is 93.6 cm³/mol. The molecule has 4 nitrogen and oxygen atoms in total. The van der Waals surface area contributed by atoms with Gasteiger partial charge in [0, 0.05) is 24.2 Å². The van der Waals surface area contributed by atoms with Gasteiger partial charge >= 0.3 is 0 Å². The first-order valence-electron chi connectivity index (χ1n) is 8.64. The van der Waals surface area contributed by atoms with E-state index in [0.717, 1.165) is 24.6 Å². The molecule has 1 N–H and O–H groups in total. The first-order chi connectivity index (χ1) is 11.3. The number of fused-ring (bicyclic) bond motifs is 1. The second kappa shape index (κ2) is 5.84. The van der Waals surface area contributed by atoms with Crippen LogP contribution >= 0.6 is 0 Å². The summed E-state index contributed by atoms with van der Waals surface area (Å²) in [6.07, 6.45) is 9.68. The summed E-state index contributed by atoms with van der Waals surface area (Å²) in [4.78, 5) is 4.99. The van der Waals surface area contributed by atoms with Gasteiger partial charge in [-0.15, -0.1) is 0 Å². The van der Waals surface area contributed by atoms with E-state index in [1.54, 1.807) is 0 Å². The smallest absolute Gasteiger partial charge is 0.156 e. The maximum absolute atomic E-state index is 4.99. The van der Waals surface area contributed by atoms with E-state index >= 15 is 0 Å². The Bertz CT molecular complexity index is 708. The van der Waals surface area contributed by atoms with Gasteiger partial charge in [0.25, 0.3) is 0 Å². The van der Waals surface area contributed by atoms with E-state index in [-0.39, 0.29) is 5.41 Å². The summed E-state index contributed by atoms with van der Waals surface area (Å²) in [5, 5.41) is 8.13. The van der Waals surface area contributed by atoms with Crippen LogP contribution < -0.4 is 5.32 Å². The molecule has 1 fully saturated rings. The molecule has 0 atom stereocenters. The number of nitrogens with one attached hydrogen (secondary N) is 1. The Morgan fingerprint density at radius 1 is 1.17 bits per heavy atom. The average molecular weight is 308 g/mol. The number of amidine groups is 1. The fourth-order valence-electron chi connectivity index (χ4n) is 4.07.